The number of carbonyl (C=O) groups excluding carboxylic acids is 1. The van der Waals surface area contributed by atoms with Gasteiger partial charge in [-0.05, 0) is 38.0 Å². The van der Waals surface area contributed by atoms with Crippen molar-refractivity contribution in [1.82, 2.24) is 15.5 Å². The Morgan fingerprint density at radius 3 is 2.59 bits per heavy atom. The fraction of sp³-hybridized carbons (Fsp3) is 0.875. The second kappa shape index (κ2) is 8.93. The molecule has 2 aliphatic rings. The average molecular weight is 422 g/mol. The summed E-state index contributed by atoms with van der Waals surface area (Å²) in [6, 6.07) is 0.258. The predicted octanol–water partition coefficient (Wildman–Crippen LogP) is 2.36. The Morgan fingerprint density at radius 1 is 1.36 bits per heavy atom. The molecule has 6 heteroatoms. The summed E-state index contributed by atoms with van der Waals surface area (Å²) in [6.07, 6.45) is 6.90. The standard InChI is InChI=1S/C16H30N4O.HI/c1-4-13(2)19-14(21)6-10-18-15(17-3)20-11-9-16(12-20)7-5-8-16;/h13H,4-12H2,1-3H3,(H,17,18)(H,19,21);1H. The molecule has 22 heavy (non-hydrogen) atoms. The molecule has 2 N–H and O–H groups in total. The Hall–Kier alpha value is -0.530. The summed E-state index contributed by atoms with van der Waals surface area (Å²) in [4.78, 5) is 18.5. The summed E-state index contributed by atoms with van der Waals surface area (Å²) >= 11 is 0. The first kappa shape index (κ1) is 19.5. The Bertz CT molecular complexity index is 396. The number of hydrogen-bond acceptors (Lipinski definition) is 2. The summed E-state index contributed by atoms with van der Waals surface area (Å²) < 4.78 is 0. The summed E-state index contributed by atoms with van der Waals surface area (Å²) in [5.41, 5.74) is 0.575. The van der Waals surface area contributed by atoms with Gasteiger partial charge in [0.1, 0.15) is 0 Å². The van der Waals surface area contributed by atoms with Gasteiger partial charge in [0, 0.05) is 39.1 Å². The second-order valence-electron chi connectivity index (χ2n) is 6.63. The highest BCUT2D eigenvalue weighted by Crippen LogP contribution is 2.47. The minimum absolute atomic E-state index is 0. The van der Waals surface area contributed by atoms with E-state index in [1.165, 1.54) is 25.7 Å². The van der Waals surface area contributed by atoms with Crippen molar-refractivity contribution in [2.24, 2.45) is 10.4 Å². The molecule has 1 atom stereocenters. The fourth-order valence-corrected chi connectivity index (χ4v) is 3.27. The summed E-state index contributed by atoms with van der Waals surface area (Å²) in [7, 11) is 1.83. The van der Waals surface area contributed by atoms with Crippen molar-refractivity contribution in [2.75, 3.05) is 26.7 Å². The lowest BCUT2D eigenvalue weighted by atomic mass is 9.68. The third kappa shape index (κ3) is 4.99. The molecule has 0 radical (unpaired) electrons. The SMILES string of the molecule is CCC(C)NC(=O)CCNC(=NC)N1CCC2(CCC2)C1.I. The monoisotopic (exact) mass is 422 g/mol. The van der Waals surface area contributed by atoms with Crippen LogP contribution >= 0.6 is 24.0 Å². The number of hydrogen-bond donors (Lipinski definition) is 2. The van der Waals surface area contributed by atoms with Crippen molar-refractivity contribution in [3.63, 3.8) is 0 Å². The largest absolute Gasteiger partial charge is 0.356 e. The van der Waals surface area contributed by atoms with Crippen molar-refractivity contribution in [1.29, 1.82) is 0 Å². The molecular formula is C16H31IN4O. The minimum atomic E-state index is 0. The molecule has 1 saturated carbocycles. The molecule has 1 aliphatic heterocycles. The van der Waals surface area contributed by atoms with Crippen LogP contribution in [0.5, 0.6) is 0 Å². The molecule has 5 nitrogen and oxygen atoms in total. The number of likely N-dealkylation sites (tertiary alicyclic amines) is 1. The third-order valence-corrected chi connectivity index (χ3v) is 5.02. The van der Waals surface area contributed by atoms with Gasteiger partial charge in [-0.2, -0.15) is 0 Å². The lowest BCUT2D eigenvalue weighted by Crippen LogP contribution is -2.43. The normalized spacial score (nSPS) is 21.0. The van der Waals surface area contributed by atoms with Crippen LogP contribution in [0, 0.1) is 5.41 Å². The van der Waals surface area contributed by atoms with Crippen LogP contribution in [0.3, 0.4) is 0 Å². The van der Waals surface area contributed by atoms with Gasteiger partial charge in [0.25, 0.3) is 0 Å². The number of halogens is 1. The van der Waals surface area contributed by atoms with E-state index in [2.05, 4.69) is 27.4 Å². The fourth-order valence-electron chi connectivity index (χ4n) is 3.27. The topological polar surface area (TPSA) is 56.7 Å². The highest BCUT2D eigenvalue weighted by molar-refractivity contribution is 14.0. The van der Waals surface area contributed by atoms with Gasteiger partial charge in [-0.15, -0.1) is 24.0 Å². The van der Waals surface area contributed by atoms with Gasteiger partial charge in [0.2, 0.25) is 5.91 Å². The van der Waals surface area contributed by atoms with Crippen molar-refractivity contribution in [3.05, 3.63) is 0 Å². The zero-order valence-corrected chi connectivity index (χ0v) is 16.5. The van der Waals surface area contributed by atoms with E-state index >= 15 is 0 Å². The van der Waals surface area contributed by atoms with Crippen molar-refractivity contribution in [2.45, 2.75) is 58.4 Å². The molecule has 2 rings (SSSR count). The molecular weight excluding hydrogens is 391 g/mol. The van der Waals surface area contributed by atoms with E-state index in [4.69, 9.17) is 0 Å². The predicted molar refractivity (Wildman–Crippen MR) is 102 cm³/mol. The molecule has 0 aromatic carbocycles. The maximum atomic E-state index is 11.8. The molecule has 1 heterocycles. The van der Waals surface area contributed by atoms with Gasteiger partial charge in [0.15, 0.2) is 5.96 Å². The van der Waals surface area contributed by atoms with Gasteiger partial charge >= 0.3 is 0 Å². The number of guanidine groups is 1. The quantitative estimate of drug-likeness (QED) is 0.407. The molecule has 128 valence electrons. The van der Waals surface area contributed by atoms with Crippen LogP contribution in [-0.2, 0) is 4.79 Å². The van der Waals surface area contributed by atoms with Gasteiger partial charge < -0.3 is 15.5 Å². The second-order valence-corrected chi connectivity index (χ2v) is 6.63. The highest BCUT2D eigenvalue weighted by atomic mass is 127. The van der Waals surface area contributed by atoms with Gasteiger partial charge in [-0.25, -0.2) is 0 Å². The Kier molecular flexibility index (Phi) is 7.93. The van der Waals surface area contributed by atoms with Crippen LogP contribution in [0.1, 0.15) is 52.4 Å². The number of carbonyl (C=O) groups is 1. The molecule has 0 aromatic rings. The highest BCUT2D eigenvalue weighted by Gasteiger charge is 2.43. The number of nitrogens with one attached hydrogen (secondary N) is 2. The molecule has 1 unspecified atom stereocenters. The van der Waals surface area contributed by atoms with E-state index in [-0.39, 0.29) is 35.9 Å². The molecule has 1 amide bonds. The Morgan fingerprint density at radius 2 is 2.09 bits per heavy atom. The van der Waals surface area contributed by atoms with Crippen LogP contribution in [-0.4, -0.2) is 49.5 Å². The minimum Gasteiger partial charge on any atom is -0.356 e. The lowest BCUT2D eigenvalue weighted by molar-refractivity contribution is -0.121. The first-order chi connectivity index (χ1) is 10.1. The van der Waals surface area contributed by atoms with Crippen LogP contribution < -0.4 is 10.6 Å². The number of nitrogens with zero attached hydrogens (tertiary/aromatic N) is 2. The van der Waals surface area contributed by atoms with E-state index < -0.39 is 0 Å². The number of amides is 1. The van der Waals surface area contributed by atoms with E-state index in [0.29, 0.717) is 18.4 Å². The van der Waals surface area contributed by atoms with Crippen LogP contribution in [0.15, 0.2) is 4.99 Å². The number of aliphatic imine (C=N–C) groups is 1. The van der Waals surface area contributed by atoms with Crippen molar-refractivity contribution >= 4 is 35.8 Å². The van der Waals surface area contributed by atoms with Crippen LogP contribution in [0.25, 0.3) is 0 Å². The molecule has 2 fully saturated rings. The van der Waals surface area contributed by atoms with Gasteiger partial charge in [-0.3, -0.25) is 9.79 Å². The summed E-state index contributed by atoms with van der Waals surface area (Å²) in [5.74, 6) is 1.07. The zero-order valence-electron chi connectivity index (χ0n) is 14.2. The first-order valence-electron chi connectivity index (χ1n) is 8.33. The molecule has 1 aliphatic carbocycles. The zero-order chi connectivity index (χ0) is 15.3. The van der Waals surface area contributed by atoms with Crippen LogP contribution in [0.4, 0.5) is 0 Å². The smallest absolute Gasteiger partial charge is 0.221 e. The Balaban J connectivity index is 0.00000242. The van der Waals surface area contributed by atoms with Crippen molar-refractivity contribution in [3.8, 4) is 0 Å². The van der Waals surface area contributed by atoms with Crippen molar-refractivity contribution < 1.29 is 4.79 Å². The van der Waals surface area contributed by atoms with E-state index in [1.807, 2.05) is 14.0 Å². The summed E-state index contributed by atoms with van der Waals surface area (Å²) in [5, 5.41) is 6.32. The molecule has 1 spiro atoms. The maximum absolute atomic E-state index is 11.8. The first-order valence-corrected chi connectivity index (χ1v) is 8.33. The lowest BCUT2D eigenvalue weighted by Gasteiger charge is -2.38. The van der Waals surface area contributed by atoms with E-state index in [1.54, 1.807) is 0 Å². The summed E-state index contributed by atoms with van der Waals surface area (Å²) in [6.45, 7) is 6.99. The Labute approximate surface area is 151 Å². The molecule has 1 saturated heterocycles. The van der Waals surface area contributed by atoms with Gasteiger partial charge in [-0.1, -0.05) is 13.3 Å². The molecule has 0 aromatic heterocycles. The third-order valence-electron chi connectivity index (χ3n) is 5.02. The maximum Gasteiger partial charge on any atom is 0.221 e. The molecule has 0 bridgehead atoms. The van der Waals surface area contributed by atoms with Crippen LogP contribution in [0.2, 0.25) is 0 Å². The average Bonchev–Trinajstić information content (AvgIpc) is 2.88. The number of rotatable bonds is 5. The van der Waals surface area contributed by atoms with Gasteiger partial charge in [0.05, 0.1) is 0 Å². The van der Waals surface area contributed by atoms with E-state index in [0.717, 1.165) is 25.5 Å². The van der Waals surface area contributed by atoms with E-state index in [9.17, 15) is 4.79 Å².